The van der Waals surface area contributed by atoms with E-state index in [9.17, 15) is 14.4 Å². The number of carbonyl (C=O) groups is 3. The number of hydrogen-bond donors (Lipinski definition) is 2. The molecular weight excluding hydrogens is 248 g/mol. The van der Waals surface area contributed by atoms with Gasteiger partial charge in [-0.25, -0.2) is 4.79 Å². The summed E-state index contributed by atoms with van der Waals surface area (Å²) < 4.78 is 0. The Morgan fingerprint density at radius 2 is 2.00 bits per heavy atom. The second-order valence-electron chi connectivity index (χ2n) is 6.20. The molecule has 2 bridgehead atoms. The molecule has 1 saturated carbocycles. The molecule has 2 fully saturated rings. The van der Waals surface area contributed by atoms with Crippen LogP contribution in [0.4, 0.5) is 4.79 Å². The Morgan fingerprint density at radius 1 is 1.32 bits per heavy atom. The highest BCUT2D eigenvalue weighted by molar-refractivity contribution is 5.96. The third-order valence-electron chi connectivity index (χ3n) is 4.10. The van der Waals surface area contributed by atoms with E-state index >= 15 is 0 Å². The SMILES string of the molecule is CC(C)(CC(=O)NC(=O)N1CC2CCC1C2)C(=O)O. The highest BCUT2D eigenvalue weighted by Crippen LogP contribution is 2.37. The van der Waals surface area contributed by atoms with E-state index in [0.29, 0.717) is 12.5 Å². The van der Waals surface area contributed by atoms with Gasteiger partial charge >= 0.3 is 12.0 Å². The molecule has 6 heteroatoms. The zero-order valence-electron chi connectivity index (χ0n) is 11.3. The van der Waals surface area contributed by atoms with Crippen LogP contribution in [0.15, 0.2) is 0 Å². The van der Waals surface area contributed by atoms with Gasteiger partial charge in [-0.3, -0.25) is 14.9 Å². The van der Waals surface area contributed by atoms with Crippen LogP contribution < -0.4 is 5.32 Å². The predicted molar refractivity (Wildman–Crippen MR) is 67.4 cm³/mol. The smallest absolute Gasteiger partial charge is 0.324 e. The van der Waals surface area contributed by atoms with Crippen molar-refractivity contribution in [1.29, 1.82) is 0 Å². The molecule has 2 rings (SSSR count). The Balaban J connectivity index is 1.86. The summed E-state index contributed by atoms with van der Waals surface area (Å²) in [5.74, 6) is -1.00. The Morgan fingerprint density at radius 3 is 2.47 bits per heavy atom. The molecule has 19 heavy (non-hydrogen) atoms. The highest BCUT2D eigenvalue weighted by Gasteiger charge is 2.41. The van der Waals surface area contributed by atoms with Crippen LogP contribution in [0.1, 0.15) is 39.5 Å². The van der Waals surface area contributed by atoms with E-state index in [2.05, 4.69) is 5.32 Å². The van der Waals surface area contributed by atoms with Gasteiger partial charge in [0, 0.05) is 19.0 Å². The monoisotopic (exact) mass is 268 g/mol. The summed E-state index contributed by atoms with van der Waals surface area (Å²) in [6.07, 6.45) is 3.00. The number of likely N-dealkylation sites (tertiary alicyclic amines) is 1. The fourth-order valence-electron chi connectivity index (χ4n) is 2.89. The van der Waals surface area contributed by atoms with Crippen molar-refractivity contribution in [3.8, 4) is 0 Å². The molecule has 1 aliphatic carbocycles. The largest absolute Gasteiger partial charge is 0.481 e. The lowest BCUT2D eigenvalue weighted by Gasteiger charge is -2.27. The van der Waals surface area contributed by atoms with Gasteiger partial charge in [0.05, 0.1) is 5.41 Å². The molecule has 2 atom stereocenters. The molecule has 6 nitrogen and oxygen atoms in total. The molecule has 1 heterocycles. The Bertz CT molecular complexity index is 419. The van der Waals surface area contributed by atoms with Crippen molar-refractivity contribution in [2.45, 2.75) is 45.6 Å². The molecule has 106 valence electrons. The fourth-order valence-corrected chi connectivity index (χ4v) is 2.89. The zero-order chi connectivity index (χ0) is 14.2. The molecule has 0 aromatic heterocycles. The molecule has 1 saturated heterocycles. The molecule has 0 spiro atoms. The zero-order valence-corrected chi connectivity index (χ0v) is 11.3. The van der Waals surface area contributed by atoms with Crippen LogP contribution in [-0.4, -0.2) is 40.5 Å². The van der Waals surface area contributed by atoms with Crippen LogP contribution >= 0.6 is 0 Å². The molecule has 0 radical (unpaired) electrons. The lowest BCUT2D eigenvalue weighted by molar-refractivity contribution is -0.149. The minimum Gasteiger partial charge on any atom is -0.481 e. The molecule has 2 unspecified atom stereocenters. The summed E-state index contributed by atoms with van der Waals surface area (Å²) >= 11 is 0. The van der Waals surface area contributed by atoms with Gasteiger partial charge < -0.3 is 10.0 Å². The van der Waals surface area contributed by atoms with E-state index in [1.165, 1.54) is 13.8 Å². The first-order chi connectivity index (χ1) is 8.79. The van der Waals surface area contributed by atoms with Crippen molar-refractivity contribution in [2.75, 3.05) is 6.54 Å². The maximum absolute atomic E-state index is 11.9. The molecule has 3 amide bonds. The maximum Gasteiger partial charge on any atom is 0.324 e. The summed E-state index contributed by atoms with van der Waals surface area (Å²) in [5.41, 5.74) is -1.16. The molecule has 1 aliphatic heterocycles. The second kappa shape index (κ2) is 4.83. The second-order valence-corrected chi connectivity index (χ2v) is 6.20. The van der Waals surface area contributed by atoms with E-state index in [4.69, 9.17) is 5.11 Å². The highest BCUT2D eigenvalue weighted by atomic mass is 16.4. The standard InChI is InChI=1S/C13H20N2O4/c1-13(2,11(17)18)6-10(16)14-12(19)15-7-8-3-4-9(15)5-8/h8-9H,3-7H2,1-2H3,(H,17,18)(H,14,16,19). The van der Waals surface area contributed by atoms with Gasteiger partial charge in [-0.1, -0.05) is 0 Å². The molecule has 0 aromatic carbocycles. The molecular formula is C13H20N2O4. The summed E-state index contributed by atoms with van der Waals surface area (Å²) in [6, 6.07) is -0.122. The maximum atomic E-state index is 11.9. The topological polar surface area (TPSA) is 86.7 Å². The Kier molecular flexibility index (Phi) is 3.52. The van der Waals surface area contributed by atoms with Crippen molar-refractivity contribution >= 4 is 17.9 Å². The third kappa shape index (κ3) is 2.88. The van der Waals surface area contributed by atoms with Crippen molar-refractivity contribution in [3.63, 3.8) is 0 Å². The number of rotatable bonds is 3. The van der Waals surface area contributed by atoms with Gasteiger partial charge in [-0.2, -0.15) is 0 Å². The quantitative estimate of drug-likeness (QED) is 0.805. The van der Waals surface area contributed by atoms with Crippen LogP contribution in [-0.2, 0) is 9.59 Å². The first-order valence-electron chi connectivity index (χ1n) is 6.63. The molecule has 2 N–H and O–H groups in total. The first kappa shape index (κ1) is 13.8. The molecule has 0 aromatic rings. The lowest BCUT2D eigenvalue weighted by Crippen LogP contribution is -2.47. The number of nitrogens with one attached hydrogen (secondary N) is 1. The van der Waals surface area contributed by atoms with Crippen LogP contribution in [0.5, 0.6) is 0 Å². The number of piperidine rings is 1. The summed E-state index contributed by atoms with van der Waals surface area (Å²) in [6.45, 7) is 3.65. The van der Waals surface area contributed by atoms with E-state index in [1.54, 1.807) is 4.90 Å². The van der Waals surface area contributed by atoms with Crippen molar-refractivity contribution in [3.05, 3.63) is 0 Å². The lowest BCUT2D eigenvalue weighted by atomic mass is 9.89. The number of imide groups is 1. The van der Waals surface area contributed by atoms with Crippen molar-refractivity contribution < 1.29 is 19.5 Å². The number of carboxylic acids is 1. The van der Waals surface area contributed by atoms with Crippen LogP contribution in [0, 0.1) is 11.3 Å². The van der Waals surface area contributed by atoms with Gasteiger partial charge in [-0.15, -0.1) is 0 Å². The van der Waals surface area contributed by atoms with Gasteiger partial charge in [0.15, 0.2) is 0 Å². The number of urea groups is 1. The van der Waals surface area contributed by atoms with Gasteiger partial charge in [0.1, 0.15) is 0 Å². The van der Waals surface area contributed by atoms with E-state index in [1.807, 2.05) is 0 Å². The third-order valence-corrected chi connectivity index (χ3v) is 4.10. The number of fused-ring (bicyclic) bond motifs is 2. The van der Waals surface area contributed by atoms with Gasteiger partial charge in [-0.05, 0) is 39.0 Å². The number of carbonyl (C=O) groups excluding carboxylic acids is 2. The van der Waals surface area contributed by atoms with Crippen molar-refractivity contribution in [2.24, 2.45) is 11.3 Å². The minimum absolute atomic E-state index is 0.198. The van der Waals surface area contributed by atoms with Crippen LogP contribution in [0.2, 0.25) is 0 Å². The normalized spacial score (nSPS) is 25.5. The van der Waals surface area contributed by atoms with Crippen LogP contribution in [0.25, 0.3) is 0 Å². The fraction of sp³-hybridized carbons (Fsp3) is 0.769. The number of nitrogens with zero attached hydrogens (tertiary/aromatic N) is 1. The number of hydrogen-bond acceptors (Lipinski definition) is 3. The van der Waals surface area contributed by atoms with Gasteiger partial charge in [0.2, 0.25) is 5.91 Å². The van der Waals surface area contributed by atoms with Gasteiger partial charge in [0.25, 0.3) is 0 Å². The summed E-state index contributed by atoms with van der Waals surface area (Å²) in [7, 11) is 0. The number of aliphatic carboxylic acids is 1. The average molecular weight is 268 g/mol. The summed E-state index contributed by atoms with van der Waals surface area (Å²) in [4.78, 5) is 36.3. The van der Waals surface area contributed by atoms with Crippen molar-refractivity contribution in [1.82, 2.24) is 10.2 Å². The number of amides is 3. The van der Waals surface area contributed by atoms with E-state index in [0.717, 1.165) is 19.3 Å². The first-order valence-corrected chi connectivity index (χ1v) is 6.63. The average Bonchev–Trinajstić information content (AvgIpc) is 2.89. The van der Waals surface area contributed by atoms with Crippen LogP contribution in [0.3, 0.4) is 0 Å². The van der Waals surface area contributed by atoms with E-state index in [-0.39, 0.29) is 18.5 Å². The summed E-state index contributed by atoms with van der Waals surface area (Å²) in [5, 5.41) is 11.2. The predicted octanol–water partition coefficient (Wildman–Crippen LogP) is 1.21. The molecule has 2 aliphatic rings. The van der Waals surface area contributed by atoms with E-state index < -0.39 is 17.3 Å². The number of carboxylic acid groups (broad SMARTS) is 1. The Hall–Kier alpha value is -1.59. The minimum atomic E-state index is -1.16. The Labute approximate surface area is 112 Å².